The van der Waals surface area contributed by atoms with Crippen LogP contribution in [0.5, 0.6) is 0 Å². The Bertz CT molecular complexity index is 337. The van der Waals surface area contributed by atoms with Gasteiger partial charge in [0.2, 0.25) is 5.91 Å². The largest absolute Gasteiger partial charge is 0.393 e. The summed E-state index contributed by atoms with van der Waals surface area (Å²) in [5.74, 6) is 0.100. The number of nitrogens with one attached hydrogen (secondary N) is 1. The second kappa shape index (κ2) is 5.63. The summed E-state index contributed by atoms with van der Waals surface area (Å²) in [5, 5.41) is 11.7. The van der Waals surface area contributed by atoms with Gasteiger partial charge in [-0.3, -0.25) is 4.79 Å². The van der Waals surface area contributed by atoms with Crippen LogP contribution in [-0.2, 0) is 14.6 Å². The van der Waals surface area contributed by atoms with Gasteiger partial charge in [-0.15, -0.1) is 0 Å². The zero-order valence-corrected chi connectivity index (χ0v) is 10.3. The van der Waals surface area contributed by atoms with Gasteiger partial charge >= 0.3 is 0 Å². The van der Waals surface area contributed by atoms with E-state index in [1.165, 1.54) is 0 Å². The predicted octanol–water partition coefficient (Wildman–Crippen LogP) is -0.159. The van der Waals surface area contributed by atoms with Crippen molar-refractivity contribution in [1.82, 2.24) is 5.32 Å². The van der Waals surface area contributed by atoms with Crippen molar-refractivity contribution in [2.45, 2.75) is 44.8 Å². The average Bonchev–Trinajstić information content (AvgIpc) is 2.13. The molecule has 94 valence electrons. The lowest BCUT2D eigenvalue weighted by Gasteiger charge is -2.23. The highest BCUT2D eigenvalue weighted by Crippen LogP contribution is 2.12. The van der Waals surface area contributed by atoms with E-state index in [1.807, 2.05) is 0 Å². The quantitative estimate of drug-likeness (QED) is 0.725. The first-order valence-corrected chi connectivity index (χ1v) is 7.39. The lowest BCUT2D eigenvalue weighted by Crippen LogP contribution is -2.43. The first-order chi connectivity index (χ1) is 7.39. The fourth-order valence-corrected chi connectivity index (χ4v) is 3.41. The molecule has 0 aliphatic carbocycles. The highest BCUT2D eigenvalue weighted by molar-refractivity contribution is 7.91. The van der Waals surface area contributed by atoms with Gasteiger partial charge < -0.3 is 10.4 Å². The van der Waals surface area contributed by atoms with Crippen LogP contribution in [0.4, 0.5) is 0 Å². The fourth-order valence-electron chi connectivity index (χ4n) is 1.78. The zero-order chi connectivity index (χ0) is 12.2. The summed E-state index contributed by atoms with van der Waals surface area (Å²) >= 11 is 0. The third-order valence-corrected chi connectivity index (χ3v) is 4.44. The van der Waals surface area contributed by atoms with Gasteiger partial charge in [0.15, 0.2) is 9.84 Å². The van der Waals surface area contributed by atoms with E-state index >= 15 is 0 Å². The van der Waals surface area contributed by atoms with Crippen LogP contribution >= 0.6 is 0 Å². The van der Waals surface area contributed by atoms with Gasteiger partial charge in [0, 0.05) is 12.5 Å². The maximum atomic E-state index is 11.4. The summed E-state index contributed by atoms with van der Waals surface area (Å²) in [7, 11) is -2.97. The molecule has 0 spiro atoms. The standard InChI is InChI=1S/C10H19NO4S/c1-8(12)4-5-10(13)11-9-3-2-6-16(14,15)7-9/h8-9,12H,2-7H2,1H3,(H,11,13). The Hall–Kier alpha value is -0.620. The monoisotopic (exact) mass is 249 g/mol. The van der Waals surface area contributed by atoms with Crippen LogP contribution in [0.15, 0.2) is 0 Å². The van der Waals surface area contributed by atoms with Crippen LogP contribution in [0.3, 0.4) is 0 Å². The average molecular weight is 249 g/mol. The third-order valence-electron chi connectivity index (χ3n) is 2.62. The summed E-state index contributed by atoms with van der Waals surface area (Å²) < 4.78 is 22.6. The summed E-state index contributed by atoms with van der Waals surface area (Å²) in [6.45, 7) is 1.62. The first-order valence-electron chi connectivity index (χ1n) is 5.57. The number of carbonyl (C=O) groups is 1. The topological polar surface area (TPSA) is 83.5 Å². The molecule has 0 saturated carbocycles. The molecule has 2 N–H and O–H groups in total. The molecular weight excluding hydrogens is 230 g/mol. The molecule has 1 aliphatic rings. The molecule has 5 nitrogen and oxygen atoms in total. The molecular formula is C10H19NO4S. The number of amides is 1. The van der Waals surface area contributed by atoms with E-state index in [9.17, 15) is 13.2 Å². The van der Waals surface area contributed by atoms with Gasteiger partial charge in [-0.25, -0.2) is 8.42 Å². The van der Waals surface area contributed by atoms with E-state index in [0.29, 0.717) is 12.8 Å². The number of hydrogen-bond donors (Lipinski definition) is 2. The molecule has 1 amide bonds. The number of carbonyl (C=O) groups excluding carboxylic acids is 1. The van der Waals surface area contributed by atoms with Crippen molar-refractivity contribution in [2.24, 2.45) is 0 Å². The molecule has 1 aliphatic heterocycles. The second-order valence-electron chi connectivity index (χ2n) is 4.41. The molecule has 2 atom stereocenters. The van der Waals surface area contributed by atoms with Gasteiger partial charge in [-0.1, -0.05) is 0 Å². The highest BCUT2D eigenvalue weighted by atomic mass is 32.2. The molecule has 1 saturated heterocycles. The molecule has 6 heteroatoms. The van der Waals surface area contributed by atoms with Crippen molar-refractivity contribution < 1.29 is 18.3 Å². The maximum Gasteiger partial charge on any atom is 0.220 e. The number of sulfone groups is 1. The molecule has 0 radical (unpaired) electrons. The van der Waals surface area contributed by atoms with Crippen molar-refractivity contribution in [3.05, 3.63) is 0 Å². The van der Waals surface area contributed by atoms with Gasteiger partial charge in [0.25, 0.3) is 0 Å². The van der Waals surface area contributed by atoms with Crippen molar-refractivity contribution in [3.63, 3.8) is 0 Å². The van der Waals surface area contributed by atoms with E-state index < -0.39 is 15.9 Å². The molecule has 2 unspecified atom stereocenters. The van der Waals surface area contributed by atoms with E-state index in [-0.39, 0.29) is 29.9 Å². The number of hydrogen-bond acceptors (Lipinski definition) is 4. The molecule has 1 heterocycles. The summed E-state index contributed by atoms with van der Waals surface area (Å²) in [5.41, 5.74) is 0. The Kier molecular flexibility index (Phi) is 4.73. The number of rotatable bonds is 4. The summed E-state index contributed by atoms with van der Waals surface area (Å²) in [6, 6.07) is -0.250. The lowest BCUT2D eigenvalue weighted by molar-refractivity contribution is -0.122. The van der Waals surface area contributed by atoms with Crippen LogP contribution in [-0.4, -0.2) is 43.1 Å². The van der Waals surface area contributed by atoms with Crippen molar-refractivity contribution in [3.8, 4) is 0 Å². The van der Waals surface area contributed by atoms with Gasteiger partial charge in [-0.2, -0.15) is 0 Å². The Morgan fingerprint density at radius 2 is 2.25 bits per heavy atom. The molecule has 1 rings (SSSR count). The SMILES string of the molecule is CC(O)CCC(=O)NC1CCCS(=O)(=O)C1. The van der Waals surface area contributed by atoms with Crippen LogP contribution in [0.25, 0.3) is 0 Å². The van der Waals surface area contributed by atoms with Crippen molar-refractivity contribution in [1.29, 1.82) is 0 Å². The normalized spacial score (nSPS) is 26.0. The maximum absolute atomic E-state index is 11.4. The van der Waals surface area contributed by atoms with Crippen LogP contribution in [0.1, 0.15) is 32.6 Å². The fraction of sp³-hybridized carbons (Fsp3) is 0.900. The Labute approximate surface area is 96.1 Å². The van der Waals surface area contributed by atoms with Crippen LogP contribution < -0.4 is 5.32 Å². The highest BCUT2D eigenvalue weighted by Gasteiger charge is 2.25. The molecule has 0 bridgehead atoms. The van der Waals surface area contributed by atoms with Crippen molar-refractivity contribution >= 4 is 15.7 Å². The molecule has 1 fully saturated rings. The lowest BCUT2D eigenvalue weighted by atomic mass is 10.1. The van der Waals surface area contributed by atoms with Crippen molar-refractivity contribution in [2.75, 3.05) is 11.5 Å². The minimum absolute atomic E-state index is 0.0490. The smallest absolute Gasteiger partial charge is 0.220 e. The molecule has 0 aromatic rings. The van der Waals surface area contributed by atoms with E-state index in [0.717, 1.165) is 6.42 Å². The minimum Gasteiger partial charge on any atom is -0.393 e. The first kappa shape index (κ1) is 13.4. The Morgan fingerprint density at radius 3 is 2.81 bits per heavy atom. The second-order valence-corrected chi connectivity index (χ2v) is 6.64. The zero-order valence-electron chi connectivity index (χ0n) is 9.48. The van der Waals surface area contributed by atoms with Crippen LogP contribution in [0, 0.1) is 0 Å². The molecule has 0 aromatic carbocycles. The van der Waals surface area contributed by atoms with Crippen LogP contribution in [0.2, 0.25) is 0 Å². The minimum atomic E-state index is -2.97. The molecule has 0 aromatic heterocycles. The summed E-state index contributed by atoms with van der Waals surface area (Å²) in [6.07, 6.45) is 1.49. The van der Waals surface area contributed by atoms with E-state index in [4.69, 9.17) is 5.11 Å². The Morgan fingerprint density at radius 1 is 1.56 bits per heavy atom. The number of aliphatic hydroxyl groups excluding tert-OH is 1. The van der Waals surface area contributed by atoms with Gasteiger partial charge in [0.05, 0.1) is 17.6 Å². The van der Waals surface area contributed by atoms with Gasteiger partial charge in [-0.05, 0) is 26.2 Å². The van der Waals surface area contributed by atoms with E-state index in [1.54, 1.807) is 6.92 Å². The molecule has 16 heavy (non-hydrogen) atoms. The summed E-state index contributed by atoms with van der Waals surface area (Å²) in [4.78, 5) is 11.4. The van der Waals surface area contributed by atoms with Gasteiger partial charge in [0.1, 0.15) is 0 Å². The predicted molar refractivity (Wildman–Crippen MR) is 60.7 cm³/mol. The van der Waals surface area contributed by atoms with E-state index in [2.05, 4.69) is 5.32 Å². The third kappa shape index (κ3) is 4.94. The number of aliphatic hydroxyl groups is 1. The Balaban J connectivity index is 2.34.